The standard InChI is InChI=1S/C18H16FNO4S/c19-15-6-8-17(18(12-15)24-10-9-21)20-25(22,23)16-7-5-13-3-1-2-4-14(13)11-16/h1-8,11-12,20-21H,9-10H2. The van der Waals surface area contributed by atoms with Crippen molar-refractivity contribution in [2.24, 2.45) is 0 Å². The molecule has 3 rings (SSSR count). The third-order valence-electron chi connectivity index (χ3n) is 3.57. The van der Waals surface area contributed by atoms with Crippen molar-refractivity contribution in [3.8, 4) is 5.75 Å². The summed E-state index contributed by atoms with van der Waals surface area (Å²) < 4.78 is 46.3. The Labute approximate surface area is 144 Å². The lowest BCUT2D eigenvalue weighted by Gasteiger charge is -2.13. The molecular formula is C18H16FNO4S. The van der Waals surface area contributed by atoms with Gasteiger partial charge in [0.1, 0.15) is 18.2 Å². The van der Waals surface area contributed by atoms with Crippen LogP contribution in [0.5, 0.6) is 5.75 Å². The van der Waals surface area contributed by atoms with Gasteiger partial charge in [0.05, 0.1) is 17.2 Å². The van der Waals surface area contributed by atoms with Gasteiger partial charge in [-0.05, 0) is 35.0 Å². The van der Waals surface area contributed by atoms with Gasteiger partial charge in [-0.3, -0.25) is 4.72 Å². The van der Waals surface area contributed by atoms with Gasteiger partial charge in [0.15, 0.2) is 0 Å². The zero-order chi connectivity index (χ0) is 17.9. The maximum Gasteiger partial charge on any atom is 0.262 e. The van der Waals surface area contributed by atoms with Crippen molar-refractivity contribution >= 4 is 26.5 Å². The number of hydrogen-bond acceptors (Lipinski definition) is 4. The Morgan fingerprint density at radius 3 is 2.52 bits per heavy atom. The molecule has 0 bridgehead atoms. The van der Waals surface area contributed by atoms with E-state index in [9.17, 15) is 12.8 Å². The number of halogens is 1. The van der Waals surface area contributed by atoms with Crippen molar-refractivity contribution in [2.45, 2.75) is 4.90 Å². The van der Waals surface area contributed by atoms with Gasteiger partial charge < -0.3 is 9.84 Å². The predicted octanol–water partition coefficient (Wildman–Crippen LogP) is 3.15. The highest BCUT2D eigenvalue weighted by molar-refractivity contribution is 7.92. The molecule has 5 nitrogen and oxygen atoms in total. The smallest absolute Gasteiger partial charge is 0.262 e. The Morgan fingerprint density at radius 1 is 1.00 bits per heavy atom. The van der Waals surface area contributed by atoms with Gasteiger partial charge in [-0.2, -0.15) is 0 Å². The van der Waals surface area contributed by atoms with Gasteiger partial charge in [0.25, 0.3) is 10.0 Å². The van der Waals surface area contributed by atoms with E-state index < -0.39 is 15.8 Å². The second-order valence-electron chi connectivity index (χ2n) is 5.33. The van der Waals surface area contributed by atoms with Crippen molar-refractivity contribution in [3.63, 3.8) is 0 Å². The summed E-state index contributed by atoms with van der Waals surface area (Å²) in [5.74, 6) is -0.556. The number of nitrogens with one attached hydrogen (secondary N) is 1. The summed E-state index contributed by atoms with van der Waals surface area (Å²) in [6.45, 7) is -0.346. The molecular weight excluding hydrogens is 345 g/mol. The Balaban J connectivity index is 1.95. The minimum Gasteiger partial charge on any atom is -0.489 e. The van der Waals surface area contributed by atoms with Crippen LogP contribution in [-0.2, 0) is 10.0 Å². The van der Waals surface area contributed by atoms with Gasteiger partial charge in [-0.25, -0.2) is 12.8 Å². The number of aliphatic hydroxyl groups excluding tert-OH is 1. The number of sulfonamides is 1. The Hall–Kier alpha value is -2.64. The SMILES string of the molecule is O=S(=O)(Nc1ccc(F)cc1OCCO)c1ccc2ccccc2c1. The summed E-state index contributed by atoms with van der Waals surface area (Å²) in [4.78, 5) is 0.0867. The fraction of sp³-hybridized carbons (Fsp3) is 0.111. The van der Waals surface area contributed by atoms with Crippen LogP contribution in [0.2, 0.25) is 0 Å². The van der Waals surface area contributed by atoms with Crippen LogP contribution in [-0.4, -0.2) is 26.7 Å². The molecule has 0 aliphatic carbocycles. The highest BCUT2D eigenvalue weighted by Gasteiger charge is 2.17. The molecule has 0 saturated heterocycles. The molecule has 0 unspecified atom stereocenters. The van der Waals surface area contributed by atoms with E-state index in [1.165, 1.54) is 12.1 Å². The average Bonchev–Trinajstić information content (AvgIpc) is 2.61. The maximum absolute atomic E-state index is 13.4. The summed E-state index contributed by atoms with van der Waals surface area (Å²) in [7, 11) is -3.88. The lowest BCUT2D eigenvalue weighted by Crippen LogP contribution is -2.14. The van der Waals surface area contributed by atoms with E-state index in [0.29, 0.717) is 0 Å². The first-order chi connectivity index (χ1) is 12.0. The first-order valence-corrected chi connectivity index (χ1v) is 9.03. The third-order valence-corrected chi connectivity index (χ3v) is 4.93. The number of aliphatic hydroxyl groups is 1. The van der Waals surface area contributed by atoms with Crippen LogP contribution in [0, 0.1) is 5.82 Å². The normalized spacial score (nSPS) is 11.4. The van der Waals surface area contributed by atoms with Crippen LogP contribution in [0.4, 0.5) is 10.1 Å². The molecule has 3 aromatic carbocycles. The van der Waals surface area contributed by atoms with E-state index in [-0.39, 0.29) is 29.5 Å². The van der Waals surface area contributed by atoms with Crippen LogP contribution in [0.15, 0.2) is 65.6 Å². The molecule has 0 amide bonds. The molecule has 2 N–H and O–H groups in total. The van der Waals surface area contributed by atoms with Crippen molar-refractivity contribution in [1.82, 2.24) is 0 Å². The number of benzene rings is 3. The minimum atomic E-state index is -3.88. The van der Waals surface area contributed by atoms with Crippen LogP contribution < -0.4 is 9.46 Å². The van der Waals surface area contributed by atoms with Crippen LogP contribution in [0.3, 0.4) is 0 Å². The van der Waals surface area contributed by atoms with E-state index in [1.54, 1.807) is 12.1 Å². The zero-order valence-electron chi connectivity index (χ0n) is 13.1. The summed E-state index contributed by atoms with van der Waals surface area (Å²) in [6, 6.07) is 15.7. The fourth-order valence-electron chi connectivity index (χ4n) is 2.39. The van der Waals surface area contributed by atoms with Crippen LogP contribution >= 0.6 is 0 Å². The van der Waals surface area contributed by atoms with Gasteiger partial charge >= 0.3 is 0 Å². The molecule has 0 fully saturated rings. The predicted molar refractivity (Wildman–Crippen MR) is 93.7 cm³/mol. The Kier molecular flexibility index (Phi) is 4.87. The highest BCUT2D eigenvalue weighted by atomic mass is 32.2. The van der Waals surface area contributed by atoms with Crippen LogP contribution in [0.25, 0.3) is 10.8 Å². The van der Waals surface area contributed by atoms with Crippen molar-refractivity contribution in [2.75, 3.05) is 17.9 Å². The summed E-state index contributed by atoms with van der Waals surface area (Å²) in [5.41, 5.74) is 0.100. The maximum atomic E-state index is 13.4. The monoisotopic (exact) mass is 361 g/mol. The molecule has 0 aliphatic rings. The first kappa shape index (κ1) is 17.2. The molecule has 0 atom stereocenters. The molecule has 0 aromatic heterocycles. The summed E-state index contributed by atoms with van der Waals surface area (Å²) >= 11 is 0. The van der Waals surface area contributed by atoms with Crippen molar-refractivity contribution in [1.29, 1.82) is 0 Å². The summed E-state index contributed by atoms with van der Waals surface area (Å²) in [6.07, 6.45) is 0. The zero-order valence-corrected chi connectivity index (χ0v) is 14.0. The van der Waals surface area contributed by atoms with Crippen LogP contribution in [0.1, 0.15) is 0 Å². The molecule has 0 spiro atoms. The van der Waals surface area contributed by atoms with Gasteiger partial charge in [-0.15, -0.1) is 0 Å². The number of rotatable bonds is 6. The fourth-order valence-corrected chi connectivity index (χ4v) is 3.50. The first-order valence-electron chi connectivity index (χ1n) is 7.54. The third kappa shape index (κ3) is 3.89. The van der Waals surface area contributed by atoms with E-state index in [1.807, 2.05) is 24.3 Å². The largest absolute Gasteiger partial charge is 0.489 e. The molecule has 7 heteroatoms. The molecule has 0 radical (unpaired) electrons. The van der Waals surface area contributed by atoms with E-state index in [4.69, 9.17) is 9.84 Å². The Bertz CT molecular complexity index is 1000. The summed E-state index contributed by atoms with van der Waals surface area (Å²) in [5, 5.41) is 10.6. The molecule has 25 heavy (non-hydrogen) atoms. The number of anilines is 1. The molecule has 0 aliphatic heterocycles. The minimum absolute atomic E-state index is 0.0124. The second kappa shape index (κ2) is 7.08. The number of hydrogen-bond donors (Lipinski definition) is 2. The average molecular weight is 361 g/mol. The van der Waals surface area contributed by atoms with Crippen molar-refractivity contribution < 1.29 is 22.7 Å². The van der Waals surface area contributed by atoms with E-state index in [0.717, 1.165) is 22.9 Å². The second-order valence-corrected chi connectivity index (χ2v) is 7.01. The van der Waals surface area contributed by atoms with E-state index in [2.05, 4.69) is 4.72 Å². The Morgan fingerprint density at radius 2 is 1.76 bits per heavy atom. The molecule has 0 heterocycles. The van der Waals surface area contributed by atoms with Gasteiger partial charge in [0.2, 0.25) is 0 Å². The lowest BCUT2D eigenvalue weighted by atomic mass is 10.1. The topological polar surface area (TPSA) is 75.6 Å². The molecule has 3 aromatic rings. The number of fused-ring (bicyclic) bond motifs is 1. The lowest BCUT2D eigenvalue weighted by molar-refractivity contribution is 0.201. The number of ether oxygens (including phenoxy) is 1. The van der Waals surface area contributed by atoms with E-state index >= 15 is 0 Å². The highest BCUT2D eigenvalue weighted by Crippen LogP contribution is 2.28. The van der Waals surface area contributed by atoms with Gasteiger partial charge in [0, 0.05) is 6.07 Å². The molecule has 130 valence electrons. The van der Waals surface area contributed by atoms with Gasteiger partial charge in [-0.1, -0.05) is 30.3 Å². The quantitative estimate of drug-likeness (QED) is 0.707. The molecule has 0 saturated carbocycles. The van der Waals surface area contributed by atoms with Crippen molar-refractivity contribution in [3.05, 3.63) is 66.5 Å².